The third-order valence-corrected chi connectivity index (χ3v) is 8.10. The van der Waals surface area contributed by atoms with E-state index in [0.29, 0.717) is 6.61 Å². The first-order chi connectivity index (χ1) is 17.7. The highest BCUT2D eigenvalue weighted by Crippen LogP contribution is 2.25. The van der Waals surface area contributed by atoms with Gasteiger partial charge in [-0.1, -0.05) is 29.8 Å². The minimum atomic E-state index is 0.111. The number of rotatable bonds is 8. The molecule has 2 aliphatic rings. The average molecular weight is 525 g/mol. The molecule has 2 fully saturated rings. The van der Waals surface area contributed by atoms with Gasteiger partial charge in [0.15, 0.2) is 0 Å². The number of carbonyl (C=O) groups excluding carboxylic acids is 1. The molecule has 0 aliphatic carbocycles. The van der Waals surface area contributed by atoms with Crippen molar-refractivity contribution in [3.63, 3.8) is 0 Å². The third-order valence-electron chi connectivity index (χ3n) is 7.10. The Kier molecular flexibility index (Phi) is 8.41. The minimum Gasteiger partial charge on any atom is -0.494 e. The summed E-state index contributed by atoms with van der Waals surface area (Å²) in [6.07, 6.45) is 5.79. The second kappa shape index (κ2) is 12.1. The van der Waals surface area contributed by atoms with E-state index in [9.17, 15) is 4.79 Å². The summed E-state index contributed by atoms with van der Waals surface area (Å²) < 4.78 is 6.16. The molecular formula is C28H33ClN4O2S. The summed E-state index contributed by atoms with van der Waals surface area (Å²) in [5, 5.41) is 0.786. The molecule has 36 heavy (non-hydrogen) atoms. The lowest BCUT2D eigenvalue weighted by atomic mass is 9.99. The normalized spacial score (nSPS) is 18.9. The van der Waals surface area contributed by atoms with Gasteiger partial charge in [-0.05, 0) is 55.2 Å². The summed E-state index contributed by atoms with van der Waals surface area (Å²) in [6.45, 7) is 6.37. The molecule has 1 amide bonds. The number of nitrogens with zero attached hydrogens (tertiary/aromatic N) is 4. The Labute approximate surface area is 222 Å². The number of aromatic nitrogens is 1. The first-order valence-corrected chi connectivity index (χ1v) is 14.1. The van der Waals surface area contributed by atoms with Gasteiger partial charge in [-0.15, -0.1) is 11.3 Å². The van der Waals surface area contributed by atoms with Crippen LogP contribution in [0.3, 0.4) is 0 Å². The standard InChI is InChI=1S/C28H33ClN4O2S/c29-23-6-4-8-25(18-23)32-14-12-31(13-15-32)20-22-5-3-9-26(17-22)35-16-10-24-7-1-2-11-33(24)28(34)27-19-30-21-36-27/h3-6,8-9,17-19,21,24H,1-2,7,10-16,20H2/t24-/m0/s1. The molecule has 8 heteroatoms. The van der Waals surface area contributed by atoms with Crippen molar-refractivity contribution in [1.29, 1.82) is 0 Å². The van der Waals surface area contributed by atoms with E-state index in [2.05, 4.69) is 39.0 Å². The highest BCUT2D eigenvalue weighted by atomic mass is 35.5. The molecule has 3 aromatic rings. The van der Waals surface area contributed by atoms with Crippen LogP contribution in [0, 0.1) is 0 Å². The van der Waals surface area contributed by atoms with Crippen molar-refractivity contribution in [2.45, 2.75) is 38.3 Å². The van der Waals surface area contributed by atoms with Crippen LogP contribution in [0.2, 0.25) is 5.02 Å². The van der Waals surface area contributed by atoms with E-state index in [4.69, 9.17) is 16.3 Å². The number of piperazine rings is 1. The summed E-state index contributed by atoms with van der Waals surface area (Å²) >= 11 is 7.59. The van der Waals surface area contributed by atoms with Crippen molar-refractivity contribution in [3.8, 4) is 5.75 Å². The number of hydrogen-bond acceptors (Lipinski definition) is 6. The highest BCUT2D eigenvalue weighted by Gasteiger charge is 2.28. The van der Waals surface area contributed by atoms with Gasteiger partial charge in [-0.3, -0.25) is 14.7 Å². The second-order valence-corrected chi connectivity index (χ2v) is 10.9. The van der Waals surface area contributed by atoms with E-state index in [1.54, 1.807) is 11.7 Å². The first-order valence-electron chi connectivity index (χ1n) is 12.8. The van der Waals surface area contributed by atoms with Crippen molar-refractivity contribution in [3.05, 3.63) is 75.7 Å². The van der Waals surface area contributed by atoms with Gasteiger partial charge in [0.25, 0.3) is 5.91 Å². The van der Waals surface area contributed by atoms with Crippen molar-refractivity contribution < 1.29 is 9.53 Å². The number of piperidine rings is 1. The fourth-order valence-electron chi connectivity index (χ4n) is 5.17. The van der Waals surface area contributed by atoms with Crippen LogP contribution in [0.15, 0.2) is 60.2 Å². The van der Waals surface area contributed by atoms with E-state index >= 15 is 0 Å². The molecule has 0 unspecified atom stereocenters. The lowest BCUT2D eigenvalue weighted by molar-refractivity contribution is 0.0585. The Morgan fingerprint density at radius 1 is 1.06 bits per heavy atom. The van der Waals surface area contributed by atoms with Gasteiger partial charge in [0, 0.05) is 62.4 Å². The van der Waals surface area contributed by atoms with Crippen LogP contribution >= 0.6 is 22.9 Å². The van der Waals surface area contributed by atoms with Gasteiger partial charge in [0.05, 0.1) is 18.3 Å². The fraction of sp³-hybridized carbons (Fsp3) is 0.429. The van der Waals surface area contributed by atoms with Crippen LogP contribution in [-0.4, -0.2) is 66.1 Å². The third kappa shape index (κ3) is 6.38. The second-order valence-electron chi connectivity index (χ2n) is 9.54. The molecular weight excluding hydrogens is 492 g/mol. The summed E-state index contributed by atoms with van der Waals surface area (Å²) in [5.74, 6) is 1.01. The first kappa shape index (κ1) is 25.1. The van der Waals surface area contributed by atoms with E-state index < -0.39 is 0 Å². The molecule has 0 spiro atoms. The molecule has 5 rings (SSSR count). The molecule has 0 saturated carbocycles. The van der Waals surface area contributed by atoms with Gasteiger partial charge in [0.1, 0.15) is 10.6 Å². The van der Waals surface area contributed by atoms with Crippen molar-refractivity contribution in [2.75, 3.05) is 44.2 Å². The van der Waals surface area contributed by atoms with Gasteiger partial charge in [-0.2, -0.15) is 0 Å². The molecule has 190 valence electrons. The molecule has 0 bridgehead atoms. The maximum atomic E-state index is 12.9. The Balaban J connectivity index is 1.10. The minimum absolute atomic E-state index is 0.111. The van der Waals surface area contributed by atoms with Crippen LogP contribution in [0.1, 0.15) is 40.9 Å². The SMILES string of the molecule is O=C(c1cncs1)N1CCCC[C@H]1CCOc1cccc(CN2CCN(c3cccc(Cl)c3)CC2)c1. The molecule has 3 heterocycles. The van der Waals surface area contributed by atoms with E-state index in [1.165, 1.54) is 22.6 Å². The zero-order valence-electron chi connectivity index (χ0n) is 20.5. The number of amides is 1. The average Bonchev–Trinajstić information content (AvgIpc) is 3.45. The number of likely N-dealkylation sites (tertiary alicyclic amines) is 1. The Morgan fingerprint density at radius 3 is 2.72 bits per heavy atom. The van der Waals surface area contributed by atoms with Gasteiger partial charge in [-0.25, -0.2) is 0 Å². The number of ether oxygens (including phenoxy) is 1. The number of thiazole rings is 1. The summed E-state index contributed by atoms with van der Waals surface area (Å²) in [5.41, 5.74) is 4.19. The fourth-order valence-corrected chi connectivity index (χ4v) is 5.93. The van der Waals surface area contributed by atoms with Crippen LogP contribution in [0.4, 0.5) is 5.69 Å². The molecule has 0 N–H and O–H groups in total. The Hall–Kier alpha value is -2.61. The molecule has 2 aliphatic heterocycles. The quantitative estimate of drug-likeness (QED) is 0.385. The summed E-state index contributed by atoms with van der Waals surface area (Å²) in [7, 11) is 0. The highest BCUT2D eigenvalue weighted by molar-refractivity contribution is 7.11. The van der Waals surface area contributed by atoms with Gasteiger partial charge >= 0.3 is 0 Å². The van der Waals surface area contributed by atoms with E-state index in [-0.39, 0.29) is 11.9 Å². The van der Waals surface area contributed by atoms with Crippen LogP contribution < -0.4 is 9.64 Å². The Morgan fingerprint density at radius 2 is 1.92 bits per heavy atom. The number of carbonyl (C=O) groups is 1. The summed E-state index contributed by atoms with van der Waals surface area (Å²) in [4.78, 5) is 24.6. The molecule has 2 aromatic carbocycles. The number of anilines is 1. The zero-order chi connectivity index (χ0) is 24.7. The maximum Gasteiger partial charge on any atom is 0.265 e. The Bertz CT molecular complexity index is 1130. The van der Waals surface area contributed by atoms with Crippen LogP contribution in [0.25, 0.3) is 0 Å². The molecule has 1 aromatic heterocycles. The van der Waals surface area contributed by atoms with Crippen molar-refractivity contribution >= 4 is 34.5 Å². The number of hydrogen-bond donors (Lipinski definition) is 0. The summed E-state index contributed by atoms with van der Waals surface area (Å²) in [6, 6.07) is 16.8. The topological polar surface area (TPSA) is 48.9 Å². The predicted octanol–water partition coefficient (Wildman–Crippen LogP) is 5.58. The molecule has 1 atom stereocenters. The molecule has 6 nitrogen and oxygen atoms in total. The van der Waals surface area contributed by atoms with Crippen molar-refractivity contribution in [2.24, 2.45) is 0 Å². The van der Waals surface area contributed by atoms with Gasteiger partial charge < -0.3 is 14.5 Å². The van der Waals surface area contributed by atoms with Gasteiger partial charge in [0.2, 0.25) is 0 Å². The number of halogens is 1. The molecule has 0 radical (unpaired) electrons. The molecule has 2 saturated heterocycles. The lowest BCUT2D eigenvalue weighted by Gasteiger charge is -2.36. The van der Waals surface area contributed by atoms with E-state index in [0.717, 1.165) is 80.6 Å². The van der Waals surface area contributed by atoms with E-state index in [1.807, 2.05) is 29.2 Å². The lowest BCUT2D eigenvalue weighted by Crippen LogP contribution is -2.45. The smallest absolute Gasteiger partial charge is 0.265 e. The van der Waals surface area contributed by atoms with Crippen LogP contribution in [-0.2, 0) is 6.54 Å². The predicted molar refractivity (Wildman–Crippen MR) is 146 cm³/mol. The van der Waals surface area contributed by atoms with Crippen LogP contribution in [0.5, 0.6) is 5.75 Å². The monoisotopic (exact) mass is 524 g/mol. The van der Waals surface area contributed by atoms with Crippen molar-refractivity contribution in [1.82, 2.24) is 14.8 Å². The maximum absolute atomic E-state index is 12.9. The zero-order valence-corrected chi connectivity index (χ0v) is 22.1. The number of benzene rings is 2. The largest absolute Gasteiger partial charge is 0.494 e.